The molecule has 14 heteroatoms. The summed E-state index contributed by atoms with van der Waals surface area (Å²) < 4.78 is 34.1. The molecule has 1 saturated carbocycles. The first kappa shape index (κ1) is 57.3. The van der Waals surface area contributed by atoms with E-state index in [1.807, 2.05) is 36.5 Å². The molecule has 0 aromatic carbocycles. The molecule has 0 bridgehead atoms. The van der Waals surface area contributed by atoms with Gasteiger partial charge in [0.15, 0.2) is 0 Å². The van der Waals surface area contributed by atoms with Gasteiger partial charge in [0, 0.05) is 13.0 Å². The molecule has 0 aromatic rings. The fraction of sp³-hybridized carbons (Fsp3) is 0.809. The van der Waals surface area contributed by atoms with Gasteiger partial charge in [0.2, 0.25) is 0 Å². The number of ether oxygens (including phenoxy) is 2. The molecule has 61 heavy (non-hydrogen) atoms. The molecule has 7 atom stereocenters. The number of hydrogen-bond donors (Lipinski definition) is 7. The molecule has 356 valence electrons. The summed E-state index contributed by atoms with van der Waals surface area (Å²) in [6.07, 6.45) is 29.3. The Morgan fingerprint density at radius 3 is 1.67 bits per heavy atom. The van der Waals surface area contributed by atoms with Crippen molar-refractivity contribution in [2.75, 3.05) is 19.8 Å². The molecule has 0 aromatic heterocycles. The van der Waals surface area contributed by atoms with Crippen molar-refractivity contribution in [2.45, 2.75) is 223 Å². The summed E-state index contributed by atoms with van der Waals surface area (Å²) in [5.74, 6) is -0.547. The largest absolute Gasteiger partial charge is 0.472 e. The molecule has 0 radical (unpaired) electrons. The van der Waals surface area contributed by atoms with Gasteiger partial charge in [-0.3, -0.25) is 13.8 Å². The highest BCUT2D eigenvalue weighted by atomic mass is 31.2. The number of unbranched alkanes of at least 4 members (excludes halogenated alkanes) is 18. The highest BCUT2D eigenvalue weighted by molar-refractivity contribution is 7.47. The number of carbonyl (C=O) groups is 1. The van der Waals surface area contributed by atoms with E-state index in [1.54, 1.807) is 0 Å². The van der Waals surface area contributed by atoms with Crippen LogP contribution in [0.25, 0.3) is 0 Å². The smallest absolute Gasteiger partial charge is 0.457 e. The van der Waals surface area contributed by atoms with Crippen LogP contribution in [0.2, 0.25) is 0 Å². The van der Waals surface area contributed by atoms with Gasteiger partial charge >= 0.3 is 13.8 Å². The van der Waals surface area contributed by atoms with Gasteiger partial charge in [0.25, 0.3) is 0 Å². The lowest BCUT2D eigenvalue weighted by Gasteiger charge is -2.41. The topological polar surface area (TPSA) is 213 Å². The quantitative estimate of drug-likeness (QED) is 0.0101. The van der Waals surface area contributed by atoms with Crippen LogP contribution in [0.15, 0.2) is 48.6 Å². The van der Waals surface area contributed by atoms with Crippen LogP contribution in [0, 0.1) is 0 Å². The molecule has 1 rings (SSSR count). The number of allylic oxidation sites excluding steroid dienone is 7. The Labute approximate surface area is 367 Å². The van der Waals surface area contributed by atoms with Crippen molar-refractivity contribution in [1.29, 1.82) is 0 Å². The van der Waals surface area contributed by atoms with E-state index >= 15 is 0 Å². The monoisotopic (exact) mass is 889 g/mol. The van der Waals surface area contributed by atoms with E-state index in [2.05, 4.69) is 26.0 Å². The first-order valence-corrected chi connectivity index (χ1v) is 25.1. The second-order valence-electron chi connectivity index (χ2n) is 16.5. The fourth-order valence-corrected chi connectivity index (χ4v) is 7.96. The maximum Gasteiger partial charge on any atom is 0.472 e. The minimum atomic E-state index is -5.04. The molecule has 0 spiro atoms. The summed E-state index contributed by atoms with van der Waals surface area (Å²) in [7, 11) is -5.04. The lowest BCUT2D eigenvalue weighted by atomic mass is 9.85. The van der Waals surface area contributed by atoms with Crippen LogP contribution in [0.1, 0.15) is 174 Å². The summed E-state index contributed by atoms with van der Waals surface area (Å²) in [6, 6.07) is 0. The van der Waals surface area contributed by atoms with Gasteiger partial charge in [-0.15, -0.1) is 0 Å². The van der Waals surface area contributed by atoms with Crippen LogP contribution >= 0.6 is 7.82 Å². The molecule has 7 N–H and O–H groups in total. The third-order valence-electron chi connectivity index (χ3n) is 10.8. The van der Waals surface area contributed by atoms with Gasteiger partial charge < -0.3 is 45.0 Å². The van der Waals surface area contributed by atoms with Crippen LogP contribution in [-0.2, 0) is 27.9 Å². The Hall–Kier alpha value is -1.74. The Bertz CT molecular complexity index is 1210. The Morgan fingerprint density at radius 2 is 1.10 bits per heavy atom. The van der Waals surface area contributed by atoms with Crippen molar-refractivity contribution in [2.24, 2.45) is 0 Å². The Balaban J connectivity index is 2.45. The van der Waals surface area contributed by atoms with Crippen molar-refractivity contribution in [3.05, 3.63) is 48.6 Å². The molecule has 1 aliphatic rings. The van der Waals surface area contributed by atoms with E-state index in [4.69, 9.17) is 18.5 Å². The SMILES string of the molecule is CCCCCCCCCCCCCCCCCCOCC(COP(=O)(O)OC1C(O)C(O)C(O)C(O)C1O)OC(=O)CCCC=CCC=CCC=CC=CC(O)CCCCC. The zero-order chi connectivity index (χ0) is 45.0. The van der Waals surface area contributed by atoms with E-state index in [9.17, 15) is 44.9 Å². The highest BCUT2D eigenvalue weighted by Crippen LogP contribution is 2.47. The van der Waals surface area contributed by atoms with Gasteiger partial charge in [0.1, 0.15) is 42.7 Å². The van der Waals surface area contributed by atoms with Crippen molar-refractivity contribution in [3.63, 3.8) is 0 Å². The maximum absolute atomic E-state index is 12.8. The predicted octanol–water partition coefficient (Wildman–Crippen LogP) is 8.61. The summed E-state index contributed by atoms with van der Waals surface area (Å²) in [4.78, 5) is 23.1. The van der Waals surface area contributed by atoms with Crippen LogP contribution in [0.4, 0.5) is 0 Å². The molecular weight excluding hydrogens is 803 g/mol. The van der Waals surface area contributed by atoms with Gasteiger partial charge in [-0.2, -0.15) is 0 Å². The number of hydrogen-bond acceptors (Lipinski definition) is 12. The zero-order valence-electron chi connectivity index (χ0n) is 37.6. The molecular formula is C47H85O13P. The standard InChI is InChI=1S/C47H85O13P/c1-3-5-7-8-9-10-11-12-13-14-15-19-22-25-28-32-36-57-37-40(38-58-61(55,56)60-47-45(53)43(51)42(50)44(52)46(47)54)59-41(49)35-31-27-24-21-18-16-17-20-23-26-30-34-39(48)33-29-6-4-2/h16-17,21,23-24,26,30,34,39-40,42-48,50-54H,3-15,18-20,22,25,27-29,31-33,35-38H2,1-2H3,(H,55,56). The number of carbonyl (C=O) groups excluding carboxylic acids is 1. The van der Waals surface area contributed by atoms with Crippen molar-refractivity contribution in [3.8, 4) is 0 Å². The average molecular weight is 889 g/mol. The fourth-order valence-electron chi connectivity index (χ4n) is 6.99. The number of rotatable bonds is 39. The second kappa shape index (κ2) is 37.6. The van der Waals surface area contributed by atoms with Crippen LogP contribution in [0.3, 0.4) is 0 Å². The zero-order valence-corrected chi connectivity index (χ0v) is 38.5. The summed E-state index contributed by atoms with van der Waals surface area (Å²) in [5, 5.41) is 60.1. The number of phosphoric acid groups is 1. The normalized spacial score (nSPS) is 23.1. The number of aliphatic hydroxyl groups is 6. The van der Waals surface area contributed by atoms with Gasteiger partial charge in [0.05, 0.1) is 19.3 Å². The van der Waals surface area contributed by atoms with Crippen LogP contribution in [-0.4, -0.2) is 110 Å². The van der Waals surface area contributed by atoms with E-state index in [1.165, 1.54) is 83.5 Å². The van der Waals surface area contributed by atoms with Crippen molar-refractivity contribution < 1.29 is 63.4 Å². The first-order valence-electron chi connectivity index (χ1n) is 23.6. The highest BCUT2D eigenvalue weighted by Gasteiger charge is 2.51. The third-order valence-corrected chi connectivity index (χ3v) is 11.8. The van der Waals surface area contributed by atoms with Crippen LogP contribution < -0.4 is 0 Å². The van der Waals surface area contributed by atoms with E-state index in [0.29, 0.717) is 19.4 Å². The lowest BCUT2D eigenvalue weighted by molar-refractivity contribution is -0.220. The molecule has 0 aliphatic heterocycles. The summed E-state index contributed by atoms with van der Waals surface area (Å²) in [6.45, 7) is 4.07. The van der Waals surface area contributed by atoms with Gasteiger partial charge in [-0.1, -0.05) is 178 Å². The minimum absolute atomic E-state index is 0.0905. The number of phosphoric ester groups is 1. The molecule has 1 aliphatic carbocycles. The minimum Gasteiger partial charge on any atom is -0.457 e. The Kier molecular flexibility index (Phi) is 35.3. The lowest BCUT2D eigenvalue weighted by Crippen LogP contribution is -2.64. The summed E-state index contributed by atoms with van der Waals surface area (Å²) in [5.41, 5.74) is 0. The van der Waals surface area contributed by atoms with Gasteiger partial charge in [-0.25, -0.2) is 4.57 Å². The molecule has 7 unspecified atom stereocenters. The third kappa shape index (κ3) is 30.1. The second-order valence-corrected chi connectivity index (χ2v) is 17.9. The molecule has 0 heterocycles. The van der Waals surface area contributed by atoms with Gasteiger partial charge in [-0.05, 0) is 38.5 Å². The maximum atomic E-state index is 12.8. The predicted molar refractivity (Wildman–Crippen MR) is 241 cm³/mol. The molecule has 1 fully saturated rings. The molecule has 0 amide bonds. The summed E-state index contributed by atoms with van der Waals surface area (Å²) >= 11 is 0. The molecule has 0 saturated heterocycles. The number of esters is 1. The van der Waals surface area contributed by atoms with Crippen molar-refractivity contribution >= 4 is 13.8 Å². The number of aliphatic hydroxyl groups excluding tert-OH is 6. The van der Waals surface area contributed by atoms with E-state index in [0.717, 1.165) is 57.8 Å². The van der Waals surface area contributed by atoms with E-state index in [-0.39, 0.29) is 13.0 Å². The first-order chi connectivity index (χ1) is 29.4. The van der Waals surface area contributed by atoms with E-state index < -0.39 is 69.2 Å². The Morgan fingerprint density at radius 1 is 0.607 bits per heavy atom. The molecule has 13 nitrogen and oxygen atoms in total. The average Bonchev–Trinajstić information content (AvgIpc) is 3.24. The van der Waals surface area contributed by atoms with Crippen molar-refractivity contribution in [1.82, 2.24) is 0 Å². The van der Waals surface area contributed by atoms with Crippen LogP contribution in [0.5, 0.6) is 0 Å².